The first-order valence-corrected chi connectivity index (χ1v) is 6.07. The Labute approximate surface area is 86.1 Å². The second kappa shape index (κ2) is 3.15. The predicted octanol–water partition coefficient (Wildman–Crippen LogP) is 3.01. The highest BCUT2D eigenvalue weighted by atomic mass is 15.0. The predicted molar refractivity (Wildman–Crippen MR) is 58.7 cm³/mol. The summed E-state index contributed by atoms with van der Waals surface area (Å²) >= 11 is 0. The van der Waals surface area contributed by atoms with Crippen molar-refractivity contribution in [2.75, 3.05) is 0 Å². The van der Waals surface area contributed by atoms with Crippen LogP contribution in [-0.2, 0) is 25.8 Å². The molecule has 1 nitrogen and oxygen atoms in total. The Hall–Kier alpha value is -0.720. The van der Waals surface area contributed by atoms with Crippen LogP contribution in [0.2, 0.25) is 0 Å². The fourth-order valence-corrected chi connectivity index (χ4v) is 3.30. The summed E-state index contributed by atoms with van der Waals surface area (Å²) in [4.78, 5) is 0. The minimum Gasteiger partial charge on any atom is -0.348 e. The van der Waals surface area contributed by atoms with E-state index < -0.39 is 0 Å². The van der Waals surface area contributed by atoms with Crippen LogP contribution in [-0.4, -0.2) is 4.57 Å². The van der Waals surface area contributed by atoms with Crippen LogP contribution >= 0.6 is 0 Å². The molecule has 0 bridgehead atoms. The first kappa shape index (κ1) is 8.58. The van der Waals surface area contributed by atoms with Crippen molar-refractivity contribution in [3.8, 4) is 0 Å². The summed E-state index contributed by atoms with van der Waals surface area (Å²) in [5.41, 5.74) is 6.75. The van der Waals surface area contributed by atoms with Crippen molar-refractivity contribution in [3.63, 3.8) is 0 Å². The van der Waals surface area contributed by atoms with Crippen LogP contribution in [0, 0.1) is 6.92 Å². The number of fused-ring (bicyclic) bond motifs is 3. The van der Waals surface area contributed by atoms with Gasteiger partial charge in [0.05, 0.1) is 0 Å². The Kier molecular flexibility index (Phi) is 1.93. The molecule has 2 heterocycles. The van der Waals surface area contributed by atoms with Crippen molar-refractivity contribution in [3.05, 3.63) is 22.5 Å². The highest BCUT2D eigenvalue weighted by Gasteiger charge is 2.23. The highest BCUT2D eigenvalue weighted by molar-refractivity contribution is 5.40. The van der Waals surface area contributed by atoms with Gasteiger partial charge in [0.2, 0.25) is 0 Å². The monoisotopic (exact) mass is 189 g/mol. The van der Waals surface area contributed by atoms with Crippen LogP contribution in [0.4, 0.5) is 0 Å². The molecule has 0 aromatic carbocycles. The Morgan fingerprint density at radius 1 is 0.857 bits per heavy atom. The van der Waals surface area contributed by atoms with Gasteiger partial charge < -0.3 is 4.57 Å². The molecule has 0 unspecified atom stereocenters. The summed E-state index contributed by atoms with van der Waals surface area (Å²) in [5, 5.41) is 0. The molecule has 0 fully saturated rings. The molecule has 0 atom stereocenters. The Balaban J connectivity index is 2.17. The van der Waals surface area contributed by atoms with Gasteiger partial charge in [0.15, 0.2) is 0 Å². The number of rotatable bonds is 0. The molecule has 0 N–H and O–H groups in total. The molecule has 0 amide bonds. The van der Waals surface area contributed by atoms with E-state index in [1.54, 1.807) is 22.5 Å². The lowest BCUT2D eigenvalue weighted by atomic mass is 9.91. The van der Waals surface area contributed by atoms with Gasteiger partial charge in [-0.25, -0.2) is 0 Å². The smallest absolute Gasteiger partial charge is 0.0225 e. The Bertz CT molecular complexity index is 326. The largest absolute Gasteiger partial charge is 0.348 e. The van der Waals surface area contributed by atoms with E-state index in [2.05, 4.69) is 11.5 Å². The van der Waals surface area contributed by atoms with Crippen LogP contribution in [0.25, 0.3) is 0 Å². The molecule has 3 rings (SSSR count). The van der Waals surface area contributed by atoms with Crippen LogP contribution in [0.3, 0.4) is 0 Å². The average molecular weight is 189 g/mol. The maximum Gasteiger partial charge on any atom is 0.0225 e. The Morgan fingerprint density at radius 3 is 2.43 bits per heavy atom. The molecule has 0 spiro atoms. The van der Waals surface area contributed by atoms with Crippen molar-refractivity contribution in [1.29, 1.82) is 0 Å². The van der Waals surface area contributed by atoms with E-state index in [1.807, 2.05) is 0 Å². The first-order valence-electron chi connectivity index (χ1n) is 6.07. The van der Waals surface area contributed by atoms with Gasteiger partial charge in [-0.15, -0.1) is 0 Å². The molecule has 2 aliphatic rings. The zero-order chi connectivity index (χ0) is 9.54. The molecular weight excluding hydrogens is 170 g/mol. The Morgan fingerprint density at radius 2 is 1.57 bits per heavy atom. The van der Waals surface area contributed by atoms with E-state index in [9.17, 15) is 0 Å². The third kappa shape index (κ3) is 1.08. The quantitative estimate of drug-likeness (QED) is 0.591. The number of aromatic nitrogens is 1. The van der Waals surface area contributed by atoms with Crippen LogP contribution in [0.15, 0.2) is 0 Å². The van der Waals surface area contributed by atoms with Crippen LogP contribution in [0.1, 0.15) is 48.2 Å². The molecular formula is C13H19N. The fraction of sp³-hybridized carbons (Fsp3) is 0.692. The molecule has 1 aliphatic carbocycles. The van der Waals surface area contributed by atoms with Crippen molar-refractivity contribution in [1.82, 2.24) is 4.57 Å². The third-order valence-electron chi connectivity index (χ3n) is 4.03. The summed E-state index contributed by atoms with van der Waals surface area (Å²) in [6, 6.07) is 0. The van der Waals surface area contributed by atoms with Crippen molar-refractivity contribution >= 4 is 0 Å². The van der Waals surface area contributed by atoms with E-state index in [1.165, 1.54) is 51.5 Å². The van der Waals surface area contributed by atoms with Gasteiger partial charge in [-0.2, -0.15) is 0 Å². The van der Waals surface area contributed by atoms with Gasteiger partial charge in [0.25, 0.3) is 0 Å². The zero-order valence-corrected chi connectivity index (χ0v) is 9.10. The topological polar surface area (TPSA) is 4.93 Å². The zero-order valence-electron chi connectivity index (χ0n) is 9.10. The molecule has 0 saturated heterocycles. The van der Waals surface area contributed by atoms with Gasteiger partial charge in [-0.05, 0) is 63.0 Å². The van der Waals surface area contributed by atoms with Crippen molar-refractivity contribution in [2.24, 2.45) is 0 Å². The summed E-state index contributed by atoms with van der Waals surface area (Å²) in [6.45, 7) is 3.62. The lowest BCUT2D eigenvalue weighted by Crippen LogP contribution is -2.12. The molecule has 0 saturated carbocycles. The summed E-state index contributed by atoms with van der Waals surface area (Å²) < 4.78 is 2.61. The van der Waals surface area contributed by atoms with Gasteiger partial charge in [-0.1, -0.05) is 0 Å². The average Bonchev–Trinajstić information content (AvgIpc) is 2.55. The van der Waals surface area contributed by atoms with E-state index in [0.29, 0.717) is 0 Å². The molecule has 14 heavy (non-hydrogen) atoms. The van der Waals surface area contributed by atoms with Gasteiger partial charge in [-0.3, -0.25) is 0 Å². The van der Waals surface area contributed by atoms with Crippen molar-refractivity contribution < 1.29 is 0 Å². The lowest BCUT2D eigenvalue weighted by molar-refractivity contribution is 0.521. The minimum atomic E-state index is 1.29. The van der Waals surface area contributed by atoms with E-state index in [4.69, 9.17) is 0 Å². The molecule has 1 heteroatoms. The lowest BCUT2D eigenvalue weighted by Gasteiger charge is -2.18. The first-order chi connectivity index (χ1) is 6.88. The summed E-state index contributed by atoms with van der Waals surface area (Å²) in [5.74, 6) is 0. The molecule has 76 valence electrons. The van der Waals surface area contributed by atoms with E-state index in [0.717, 1.165) is 0 Å². The molecule has 0 radical (unpaired) electrons. The number of hydrogen-bond donors (Lipinski definition) is 0. The fourth-order valence-electron chi connectivity index (χ4n) is 3.30. The van der Waals surface area contributed by atoms with Gasteiger partial charge >= 0.3 is 0 Å². The van der Waals surface area contributed by atoms with Gasteiger partial charge in [0.1, 0.15) is 0 Å². The maximum absolute atomic E-state index is 2.61. The summed E-state index contributed by atoms with van der Waals surface area (Å²) in [7, 11) is 0. The summed E-state index contributed by atoms with van der Waals surface area (Å²) in [6.07, 6.45) is 9.69. The minimum absolute atomic E-state index is 1.29. The third-order valence-corrected chi connectivity index (χ3v) is 4.03. The highest BCUT2D eigenvalue weighted by Crippen LogP contribution is 2.33. The van der Waals surface area contributed by atoms with E-state index >= 15 is 0 Å². The number of hydrogen-bond acceptors (Lipinski definition) is 0. The van der Waals surface area contributed by atoms with Crippen molar-refractivity contribution in [2.45, 2.75) is 58.4 Å². The standard InChI is InChI=1S/C13H19N/c1-10-11-6-2-3-7-12(11)13-8-4-5-9-14(10)13/h2-9H2,1H3. The van der Waals surface area contributed by atoms with Gasteiger partial charge in [0, 0.05) is 17.9 Å². The van der Waals surface area contributed by atoms with Crippen LogP contribution < -0.4 is 0 Å². The molecule has 1 aromatic rings. The second-order valence-corrected chi connectivity index (χ2v) is 4.81. The SMILES string of the molecule is Cc1c2c(c3n1CCCC3)CCCC2. The normalized spacial score (nSPS) is 20.4. The van der Waals surface area contributed by atoms with Crippen LogP contribution in [0.5, 0.6) is 0 Å². The molecule has 1 aromatic heterocycles. The maximum atomic E-state index is 2.61. The molecule has 1 aliphatic heterocycles. The number of nitrogens with zero attached hydrogens (tertiary/aromatic N) is 1. The van der Waals surface area contributed by atoms with E-state index in [-0.39, 0.29) is 0 Å². The second-order valence-electron chi connectivity index (χ2n) is 4.81.